The summed E-state index contributed by atoms with van der Waals surface area (Å²) in [7, 11) is 2.12. The van der Waals surface area contributed by atoms with Gasteiger partial charge in [-0.05, 0) is 6.42 Å². The average Bonchev–Trinajstić information content (AvgIpc) is 3.14. The second-order valence-electron chi connectivity index (χ2n) is 3.82. The fourth-order valence-electron chi connectivity index (χ4n) is 2.31. The number of ether oxygens (including phenoxy) is 2. The molecular weight excluding hydrogens is 216 g/mol. The van der Waals surface area contributed by atoms with Crippen LogP contribution in [0.1, 0.15) is 13.3 Å². The van der Waals surface area contributed by atoms with Crippen LogP contribution in [-0.4, -0.2) is 54.2 Å². The highest BCUT2D eigenvalue weighted by Gasteiger charge is 2.78. The van der Waals surface area contributed by atoms with E-state index in [-0.39, 0.29) is 12.2 Å². The number of rotatable bonds is 6. The van der Waals surface area contributed by atoms with Crippen molar-refractivity contribution >= 4 is 8.80 Å². The van der Waals surface area contributed by atoms with Crippen molar-refractivity contribution in [3.05, 3.63) is 0 Å². The molecule has 0 amide bonds. The van der Waals surface area contributed by atoms with Gasteiger partial charge in [0.05, 0.1) is 6.61 Å². The first-order chi connectivity index (χ1) is 7.19. The van der Waals surface area contributed by atoms with Gasteiger partial charge in [-0.3, -0.25) is 0 Å². The molecule has 0 bridgehead atoms. The van der Waals surface area contributed by atoms with E-state index in [4.69, 9.17) is 22.8 Å². The molecule has 0 radical (unpaired) electrons. The summed E-state index contributed by atoms with van der Waals surface area (Å²) in [5.74, 6) is 0. The minimum atomic E-state index is -2.72. The van der Waals surface area contributed by atoms with Gasteiger partial charge in [0.1, 0.15) is 12.2 Å². The second kappa shape index (κ2) is 3.79. The molecule has 5 nitrogen and oxygen atoms in total. The highest BCUT2D eigenvalue weighted by Crippen LogP contribution is 2.52. The lowest BCUT2D eigenvalue weighted by Gasteiger charge is -2.29. The van der Waals surface area contributed by atoms with Crippen LogP contribution in [0.15, 0.2) is 0 Å². The molecule has 15 heavy (non-hydrogen) atoms. The summed E-state index contributed by atoms with van der Waals surface area (Å²) >= 11 is 0. The monoisotopic (exact) mass is 234 g/mol. The minimum Gasteiger partial charge on any atom is -0.375 e. The number of hydrogen-bond donors (Lipinski definition) is 0. The molecule has 3 unspecified atom stereocenters. The summed E-state index contributed by atoms with van der Waals surface area (Å²) in [5.41, 5.74) is 0. The molecule has 2 fully saturated rings. The van der Waals surface area contributed by atoms with E-state index in [1.54, 1.807) is 21.3 Å². The Morgan fingerprint density at radius 3 is 2.13 bits per heavy atom. The first-order valence-electron chi connectivity index (χ1n) is 5.14. The highest BCUT2D eigenvalue weighted by atomic mass is 28.4. The van der Waals surface area contributed by atoms with Crippen LogP contribution in [0, 0.1) is 0 Å². The molecule has 2 aliphatic heterocycles. The summed E-state index contributed by atoms with van der Waals surface area (Å²) in [6, 6.07) is 0. The fourth-order valence-corrected chi connectivity index (χ4v) is 5.09. The molecule has 2 heterocycles. The molecule has 0 aromatic heterocycles. The van der Waals surface area contributed by atoms with Crippen molar-refractivity contribution in [1.82, 2.24) is 0 Å². The molecule has 2 saturated heterocycles. The van der Waals surface area contributed by atoms with Gasteiger partial charge in [-0.1, -0.05) is 6.92 Å². The van der Waals surface area contributed by atoms with Crippen molar-refractivity contribution in [3.8, 4) is 0 Å². The summed E-state index contributed by atoms with van der Waals surface area (Å²) < 4.78 is 27.5. The van der Waals surface area contributed by atoms with E-state index >= 15 is 0 Å². The lowest BCUT2D eigenvalue weighted by molar-refractivity contribution is 0.0858. The van der Waals surface area contributed by atoms with Gasteiger partial charge in [0.2, 0.25) is 0 Å². The van der Waals surface area contributed by atoms with Crippen molar-refractivity contribution in [2.45, 2.75) is 30.8 Å². The summed E-state index contributed by atoms with van der Waals surface area (Å²) in [4.78, 5) is 0. The van der Waals surface area contributed by atoms with Gasteiger partial charge in [-0.15, -0.1) is 0 Å². The third-order valence-electron chi connectivity index (χ3n) is 3.29. The van der Waals surface area contributed by atoms with Crippen LogP contribution >= 0.6 is 0 Å². The molecule has 88 valence electrons. The number of hydrogen-bond acceptors (Lipinski definition) is 5. The van der Waals surface area contributed by atoms with Crippen LogP contribution in [0.25, 0.3) is 0 Å². The molecule has 0 N–H and O–H groups in total. The van der Waals surface area contributed by atoms with Gasteiger partial charge < -0.3 is 22.8 Å². The predicted molar refractivity (Wildman–Crippen MR) is 54.4 cm³/mol. The van der Waals surface area contributed by atoms with Gasteiger partial charge in [0.25, 0.3) is 0 Å². The van der Waals surface area contributed by atoms with E-state index in [9.17, 15) is 0 Å². The topological polar surface area (TPSA) is 52.8 Å². The third-order valence-corrected chi connectivity index (χ3v) is 6.69. The minimum absolute atomic E-state index is 0.0778. The second-order valence-corrected chi connectivity index (χ2v) is 7.01. The SMILES string of the molecule is CCC1([Si](OC)(OC)OC)OC1C1CO1. The van der Waals surface area contributed by atoms with Crippen LogP contribution in [0.5, 0.6) is 0 Å². The van der Waals surface area contributed by atoms with Crippen LogP contribution in [0.3, 0.4) is 0 Å². The maximum atomic E-state index is 5.78. The zero-order valence-corrected chi connectivity index (χ0v) is 10.6. The van der Waals surface area contributed by atoms with Gasteiger partial charge in [0.15, 0.2) is 5.22 Å². The van der Waals surface area contributed by atoms with E-state index in [0.717, 1.165) is 13.0 Å². The van der Waals surface area contributed by atoms with Crippen LogP contribution < -0.4 is 0 Å². The van der Waals surface area contributed by atoms with Gasteiger partial charge >= 0.3 is 8.80 Å². The lowest BCUT2D eigenvalue weighted by Crippen LogP contribution is -2.58. The fraction of sp³-hybridized carbons (Fsp3) is 1.00. The van der Waals surface area contributed by atoms with Crippen molar-refractivity contribution in [2.75, 3.05) is 27.9 Å². The van der Waals surface area contributed by atoms with E-state index < -0.39 is 14.0 Å². The lowest BCUT2D eigenvalue weighted by atomic mass is 10.2. The molecular formula is C9H18O5Si. The first-order valence-corrected chi connectivity index (χ1v) is 6.87. The standard InChI is InChI=1S/C9H18O5Si/c1-5-9(8(14-9)7-6-13-7)15(10-2,11-3)12-4/h7-8H,5-6H2,1-4H3. The molecule has 6 heteroatoms. The Morgan fingerprint density at radius 2 is 1.80 bits per heavy atom. The van der Waals surface area contributed by atoms with Crippen LogP contribution in [-0.2, 0) is 22.8 Å². The Labute approximate surface area is 91.0 Å². The van der Waals surface area contributed by atoms with E-state index in [2.05, 4.69) is 6.92 Å². The van der Waals surface area contributed by atoms with E-state index in [1.807, 2.05) is 0 Å². The van der Waals surface area contributed by atoms with Gasteiger partial charge in [0, 0.05) is 21.3 Å². The van der Waals surface area contributed by atoms with Crippen LogP contribution in [0.4, 0.5) is 0 Å². The summed E-state index contributed by atoms with van der Waals surface area (Å²) in [6.07, 6.45) is 1.10. The molecule has 0 aliphatic carbocycles. The van der Waals surface area contributed by atoms with E-state index in [0.29, 0.717) is 0 Å². The number of epoxide rings is 2. The van der Waals surface area contributed by atoms with Crippen molar-refractivity contribution < 1.29 is 22.8 Å². The largest absolute Gasteiger partial charge is 0.536 e. The van der Waals surface area contributed by atoms with Crippen molar-refractivity contribution in [2.24, 2.45) is 0 Å². The van der Waals surface area contributed by atoms with Gasteiger partial charge in [-0.2, -0.15) is 0 Å². The molecule has 3 atom stereocenters. The van der Waals surface area contributed by atoms with Crippen molar-refractivity contribution in [3.63, 3.8) is 0 Å². The molecule has 0 spiro atoms. The smallest absolute Gasteiger partial charge is 0.375 e. The molecule has 0 aromatic rings. The zero-order chi connectivity index (χ0) is 11.1. The molecule has 0 saturated carbocycles. The quantitative estimate of drug-likeness (QED) is 0.490. The Kier molecular flexibility index (Phi) is 2.91. The van der Waals surface area contributed by atoms with Crippen LogP contribution in [0.2, 0.25) is 0 Å². The molecule has 0 aromatic carbocycles. The summed E-state index contributed by atoms with van der Waals surface area (Å²) in [5, 5.41) is -0.396. The molecule has 2 rings (SSSR count). The third kappa shape index (κ3) is 1.48. The Balaban J connectivity index is 2.17. The average molecular weight is 234 g/mol. The predicted octanol–water partition coefficient (Wildman–Crippen LogP) is 0.350. The Morgan fingerprint density at radius 1 is 1.27 bits per heavy atom. The Bertz CT molecular complexity index is 232. The molecule has 2 aliphatic rings. The zero-order valence-electron chi connectivity index (χ0n) is 9.61. The normalized spacial score (nSPS) is 39.2. The highest BCUT2D eigenvalue weighted by molar-refractivity contribution is 6.65. The maximum absolute atomic E-state index is 5.78. The Hall–Kier alpha value is 0.0169. The first kappa shape index (κ1) is 11.5. The van der Waals surface area contributed by atoms with Crippen molar-refractivity contribution in [1.29, 1.82) is 0 Å². The summed E-state index contributed by atoms with van der Waals surface area (Å²) in [6.45, 7) is 2.83. The maximum Gasteiger partial charge on any atom is 0.536 e. The van der Waals surface area contributed by atoms with Gasteiger partial charge in [-0.25, -0.2) is 0 Å². The van der Waals surface area contributed by atoms with E-state index in [1.165, 1.54) is 0 Å².